The summed E-state index contributed by atoms with van der Waals surface area (Å²) < 4.78 is 18.9. The van der Waals surface area contributed by atoms with Crippen molar-refractivity contribution < 1.29 is 18.7 Å². The Morgan fingerprint density at radius 3 is 2.83 bits per heavy atom. The van der Waals surface area contributed by atoms with Gasteiger partial charge in [0.15, 0.2) is 11.7 Å². The standard InChI is InChI=1S/C21H17FN4O3S/c22-18-7-2-1-6-17(18)20(28)26-21-25-15(13-30-21)11-19(27)24-12-14-4-3-5-16(10-14)29-9-8-23/h1-7,10,13H,9,11-12H2,(H,24,27)(H,25,26,28). The molecule has 0 aliphatic rings. The van der Waals surface area contributed by atoms with Gasteiger partial charge in [0.25, 0.3) is 5.91 Å². The van der Waals surface area contributed by atoms with Crippen molar-refractivity contribution >= 4 is 28.3 Å². The molecule has 1 heterocycles. The molecule has 0 saturated heterocycles. The van der Waals surface area contributed by atoms with E-state index >= 15 is 0 Å². The van der Waals surface area contributed by atoms with Crippen molar-refractivity contribution in [3.05, 3.63) is 76.5 Å². The summed E-state index contributed by atoms with van der Waals surface area (Å²) in [5.74, 6) is -0.904. The van der Waals surface area contributed by atoms with Crippen LogP contribution >= 0.6 is 11.3 Å². The number of aromatic nitrogens is 1. The zero-order valence-electron chi connectivity index (χ0n) is 15.7. The first-order valence-electron chi connectivity index (χ1n) is 8.91. The van der Waals surface area contributed by atoms with Crippen LogP contribution in [0.5, 0.6) is 5.75 Å². The predicted molar refractivity (Wildman–Crippen MR) is 110 cm³/mol. The maximum Gasteiger partial charge on any atom is 0.260 e. The van der Waals surface area contributed by atoms with Gasteiger partial charge < -0.3 is 10.1 Å². The number of benzene rings is 2. The first-order chi connectivity index (χ1) is 14.5. The van der Waals surface area contributed by atoms with Crippen LogP contribution in [0, 0.1) is 17.1 Å². The molecule has 2 N–H and O–H groups in total. The van der Waals surface area contributed by atoms with Gasteiger partial charge in [0.2, 0.25) is 5.91 Å². The molecule has 0 aliphatic carbocycles. The Morgan fingerprint density at radius 1 is 1.20 bits per heavy atom. The van der Waals surface area contributed by atoms with Gasteiger partial charge in [-0.3, -0.25) is 14.9 Å². The van der Waals surface area contributed by atoms with Crippen LogP contribution in [0.25, 0.3) is 0 Å². The zero-order valence-corrected chi connectivity index (χ0v) is 16.5. The summed E-state index contributed by atoms with van der Waals surface area (Å²) in [6.07, 6.45) is 0.0384. The van der Waals surface area contributed by atoms with E-state index in [1.165, 1.54) is 18.2 Å². The number of nitrogens with one attached hydrogen (secondary N) is 2. The van der Waals surface area contributed by atoms with Crippen LogP contribution in [0.4, 0.5) is 9.52 Å². The topological polar surface area (TPSA) is 104 Å². The molecule has 0 atom stereocenters. The van der Waals surface area contributed by atoms with Gasteiger partial charge in [-0.15, -0.1) is 11.3 Å². The molecule has 3 aromatic rings. The fourth-order valence-corrected chi connectivity index (χ4v) is 3.25. The number of hydrogen-bond donors (Lipinski definition) is 2. The monoisotopic (exact) mass is 424 g/mol. The highest BCUT2D eigenvalue weighted by atomic mass is 32.1. The maximum atomic E-state index is 13.7. The van der Waals surface area contributed by atoms with Gasteiger partial charge in [0, 0.05) is 11.9 Å². The van der Waals surface area contributed by atoms with Crippen LogP contribution in [0.2, 0.25) is 0 Å². The van der Waals surface area contributed by atoms with Crippen LogP contribution < -0.4 is 15.4 Å². The van der Waals surface area contributed by atoms with Gasteiger partial charge in [-0.2, -0.15) is 5.26 Å². The largest absolute Gasteiger partial charge is 0.479 e. The van der Waals surface area contributed by atoms with Crippen LogP contribution in [-0.2, 0) is 17.8 Å². The van der Waals surface area contributed by atoms with Crippen LogP contribution in [0.15, 0.2) is 53.9 Å². The minimum atomic E-state index is -0.617. The molecule has 0 radical (unpaired) electrons. The molecular weight excluding hydrogens is 407 g/mol. The zero-order chi connectivity index (χ0) is 21.3. The van der Waals surface area contributed by atoms with Gasteiger partial charge in [0.05, 0.1) is 17.7 Å². The predicted octanol–water partition coefficient (Wildman–Crippen LogP) is 3.30. The van der Waals surface area contributed by atoms with Crippen molar-refractivity contribution in [3.63, 3.8) is 0 Å². The number of rotatable bonds is 8. The Balaban J connectivity index is 1.51. The van der Waals surface area contributed by atoms with Gasteiger partial charge in [-0.25, -0.2) is 9.37 Å². The number of thiazole rings is 1. The highest BCUT2D eigenvalue weighted by Gasteiger charge is 2.14. The molecule has 0 bridgehead atoms. The van der Waals surface area contributed by atoms with Gasteiger partial charge in [-0.1, -0.05) is 24.3 Å². The third-order valence-corrected chi connectivity index (χ3v) is 4.73. The molecule has 7 nitrogen and oxygen atoms in total. The van der Waals surface area contributed by atoms with E-state index < -0.39 is 11.7 Å². The Morgan fingerprint density at radius 2 is 2.03 bits per heavy atom. The second-order valence-corrected chi connectivity index (χ2v) is 6.98. The van der Waals surface area contributed by atoms with Gasteiger partial charge in [-0.05, 0) is 29.8 Å². The lowest BCUT2D eigenvalue weighted by Gasteiger charge is -2.07. The summed E-state index contributed by atoms with van der Waals surface area (Å²) in [6.45, 7) is 0.249. The third kappa shape index (κ3) is 5.86. The van der Waals surface area contributed by atoms with Crippen molar-refractivity contribution in [3.8, 4) is 11.8 Å². The first kappa shape index (κ1) is 21.0. The fraction of sp³-hybridized carbons (Fsp3) is 0.143. The lowest BCUT2D eigenvalue weighted by atomic mass is 10.2. The van der Waals surface area contributed by atoms with Crippen molar-refractivity contribution in [2.75, 3.05) is 11.9 Å². The summed E-state index contributed by atoms with van der Waals surface area (Å²) in [7, 11) is 0. The number of carbonyl (C=O) groups is 2. The Labute approximate surface area is 176 Å². The highest BCUT2D eigenvalue weighted by Crippen LogP contribution is 2.18. The van der Waals surface area contributed by atoms with E-state index in [-0.39, 0.29) is 29.6 Å². The van der Waals surface area contributed by atoms with Crippen molar-refractivity contribution in [1.29, 1.82) is 5.26 Å². The van der Waals surface area contributed by atoms with E-state index in [4.69, 9.17) is 10.00 Å². The molecule has 30 heavy (non-hydrogen) atoms. The molecule has 0 unspecified atom stereocenters. The smallest absolute Gasteiger partial charge is 0.260 e. The van der Waals surface area contributed by atoms with E-state index in [1.54, 1.807) is 29.6 Å². The summed E-state index contributed by atoms with van der Waals surface area (Å²) in [5.41, 5.74) is 1.25. The normalized spacial score (nSPS) is 10.1. The van der Waals surface area contributed by atoms with E-state index in [9.17, 15) is 14.0 Å². The minimum Gasteiger partial charge on any atom is -0.479 e. The summed E-state index contributed by atoms with van der Waals surface area (Å²) in [5, 5.41) is 15.8. The van der Waals surface area contributed by atoms with E-state index in [1.807, 2.05) is 12.1 Å². The minimum absolute atomic E-state index is 0.0384. The summed E-state index contributed by atoms with van der Waals surface area (Å²) >= 11 is 1.16. The number of amides is 2. The number of halogens is 1. The molecule has 152 valence electrons. The first-order valence-corrected chi connectivity index (χ1v) is 9.79. The number of ether oxygens (including phenoxy) is 1. The molecule has 0 saturated carbocycles. The van der Waals surface area contributed by atoms with Crippen LogP contribution in [0.3, 0.4) is 0 Å². The molecule has 0 aliphatic heterocycles. The Hall–Kier alpha value is -3.77. The van der Waals surface area contributed by atoms with Crippen LogP contribution in [-0.4, -0.2) is 23.4 Å². The molecule has 3 rings (SSSR count). The van der Waals surface area contributed by atoms with Crippen molar-refractivity contribution in [1.82, 2.24) is 10.3 Å². The van der Waals surface area contributed by atoms with E-state index in [2.05, 4.69) is 15.6 Å². The average Bonchev–Trinajstić information content (AvgIpc) is 3.18. The summed E-state index contributed by atoms with van der Waals surface area (Å²) in [4.78, 5) is 28.5. The number of anilines is 1. The van der Waals surface area contributed by atoms with Crippen LogP contribution in [0.1, 0.15) is 21.6 Å². The Bertz CT molecular complexity index is 1090. The molecule has 0 fully saturated rings. The fourth-order valence-electron chi connectivity index (χ4n) is 2.54. The molecule has 1 aromatic heterocycles. The summed E-state index contributed by atoms with van der Waals surface area (Å²) in [6, 6.07) is 14.6. The Kier molecular flexibility index (Phi) is 7.08. The van der Waals surface area contributed by atoms with Gasteiger partial charge in [0.1, 0.15) is 17.6 Å². The number of nitrogens with zero attached hydrogens (tertiary/aromatic N) is 2. The molecule has 9 heteroatoms. The number of nitriles is 1. The molecule has 0 spiro atoms. The van der Waals surface area contributed by atoms with Crippen molar-refractivity contribution in [2.24, 2.45) is 0 Å². The molecule has 2 amide bonds. The number of hydrogen-bond acceptors (Lipinski definition) is 6. The quantitative estimate of drug-likeness (QED) is 0.577. The molecular formula is C21H17FN4O3S. The average molecular weight is 424 g/mol. The van der Waals surface area contributed by atoms with Crippen molar-refractivity contribution in [2.45, 2.75) is 13.0 Å². The SMILES string of the molecule is N#CCOc1cccc(CNC(=O)Cc2csc(NC(=O)c3ccccc3F)n2)c1. The second kappa shape index (κ2) is 10.1. The maximum absolute atomic E-state index is 13.7. The van der Waals surface area contributed by atoms with Gasteiger partial charge >= 0.3 is 0 Å². The van der Waals surface area contributed by atoms with E-state index in [0.717, 1.165) is 16.9 Å². The lowest BCUT2D eigenvalue weighted by Crippen LogP contribution is -2.24. The lowest BCUT2D eigenvalue weighted by molar-refractivity contribution is -0.120. The van der Waals surface area contributed by atoms with E-state index in [0.29, 0.717) is 18.0 Å². The highest BCUT2D eigenvalue weighted by molar-refractivity contribution is 7.14. The third-order valence-electron chi connectivity index (χ3n) is 3.92. The molecule has 2 aromatic carbocycles. The second-order valence-electron chi connectivity index (χ2n) is 6.13. The number of carbonyl (C=O) groups excluding carboxylic acids is 2.